The number of ether oxygens (including phenoxy) is 1. The van der Waals surface area contributed by atoms with Crippen LogP contribution in [0.15, 0.2) is 24.3 Å². The zero-order valence-electron chi connectivity index (χ0n) is 21.3. The van der Waals surface area contributed by atoms with Crippen molar-refractivity contribution in [2.75, 3.05) is 26.8 Å². The highest BCUT2D eigenvalue weighted by atomic mass is 16.5. The molecular formula is C25H44N4O5. The number of likely N-dealkylation sites (tertiary alicyclic amines) is 1. The Labute approximate surface area is 204 Å². The van der Waals surface area contributed by atoms with Crippen LogP contribution in [0.25, 0.3) is 0 Å². The van der Waals surface area contributed by atoms with E-state index in [-0.39, 0.29) is 24.0 Å². The van der Waals surface area contributed by atoms with Crippen molar-refractivity contribution in [3.05, 3.63) is 35.4 Å². The fraction of sp³-hybridized carbons (Fsp3) is 0.600. The molecule has 1 aromatic carbocycles. The average Bonchev–Trinajstić information content (AvgIpc) is 3.26. The van der Waals surface area contributed by atoms with Gasteiger partial charge in [-0.2, -0.15) is 0 Å². The van der Waals surface area contributed by atoms with Crippen molar-refractivity contribution in [1.29, 1.82) is 0 Å². The predicted octanol–water partition coefficient (Wildman–Crippen LogP) is 1.15. The number of hydrazine groups is 1. The van der Waals surface area contributed by atoms with E-state index >= 15 is 0 Å². The number of rotatable bonds is 8. The van der Waals surface area contributed by atoms with Crippen LogP contribution < -0.4 is 17.0 Å². The van der Waals surface area contributed by atoms with E-state index in [2.05, 4.69) is 22.9 Å². The monoisotopic (exact) mass is 480 g/mol. The van der Waals surface area contributed by atoms with E-state index in [0.29, 0.717) is 51.4 Å². The summed E-state index contributed by atoms with van der Waals surface area (Å²) < 4.78 is 4.75. The largest absolute Gasteiger partial charge is 0.396 e. The Morgan fingerprint density at radius 1 is 1.35 bits per heavy atom. The Balaban J connectivity index is 0. The predicted molar refractivity (Wildman–Crippen MR) is 135 cm³/mol. The minimum atomic E-state index is -0.352. The van der Waals surface area contributed by atoms with Crippen LogP contribution >= 0.6 is 0 Å². The summed E-state index contributed by atoms with van der Waals surface area (Å²) in [6.07, 6.45) is 7.65. The molecule has 0 aliphatic carbocycles. The summed E-state index contributed by atoms with van der Waals surface area (Å²) in [5.41, 5.74) is 1.74. The first-order chi connectivity index (χ1) is 16.1. The van der Waals surface area contributed by atoms with Crippen LogP contribution in [-0.2, 0) is 20.9 Å². The number of hydrogen-bond acceptors (Lipinski definition) is 7. The van der Waals surface area contributed by atoms with Gasteiger partial charge in [0, 0.05) is 45.3 Å². The van der Waals surface area contributed by atoms with Gasteiger partial charge in [0.2, 0.25) is 12.3 Å². The summed E-state index contributed by atoms with van der Waals surface area (Å²) in [6, 6.07) is 7.49. The van der Waals surface area contributed by atoms with E-state index in [0.717, 1.165) is 11.1 Å². The van der Waals surface area contributed by atoms with E-state index in [4.69, 9.17) is 16.3 Å². The lowest BCUT2D eigenvalue weighted by molar-refractivity contribution is -0.132. The van der Waals surface area contributed by atoms with Crippen molar-refractivity contribution in [3.63, 3.8) is 0 Å². The normalized spacial score (nSPS) is 14.4. The molecule has 9 nitrogen and oxygen atoms in total. The Morgan fingerprint density at radius 2 is 1.91 bits per heavy atom. The number of methoxy groups -OCH3 is 1. The number of nitrogens with zero attached hydrogens (tertiary/aromatic N) is 1. The standard InChI is InChI=1S/C11H21NO3.C10H9NO.C4H10O.H4N2/c1-11(2,4-6-13)7-10(15)12-5-3-9(14)8-12;1-2-9-3-5-10(6-4-9)7-11-8-12;1-4(2)5-3;1-2/h9,13-14H,3-8H2,1-2H3;1,3-6,8H,7H2,(H,11,12);4H,1-3H3;1-2H2. The molecule has 1 fully saturated rings. The number of terminal acetylenes is 1. The molecule has 0 saturated carbocycles. The minimum Gasteiger partial charge on any atom is -0.396 e. The highest BCUT2D eigenvalue weighted by Crippen LogP contribution is 2.26. The minimum absolute atomic E-state index is 0.0880. The smallest absolute Gasteiger partial charge is 0.223 e. The molecule has 2 amide bonds. The van der Waals surface area contributed by atoms with Gasteiger partial charge in [-0.25, -0.2) is 0 Å². The van der Waals surface area contributed by atoms with E-state index in [1.54, 1.807) is 12.0 Å². The van der Waals surface area contributed by atoms with Crippen molar-refractivity contribution in [3.8, 4) is 12.3 Å². The topological polar surface area (TPSA) is 151 Å². The third-order valence-corrected chi connectivity index (χ3v) is 4.92. The van der Waals surface area contributed by atoms with Crippen LogP contribution in [0.2, 0.25) is 0 Å². The second-order valence-corrected chi connectivity index (χ2v) is 8.72. The van der Waals surface area contributed by atoms with Gasteiger partial charge in [0.1, 0.15) is 0 Å². The summed E-state index contributed by atoms with van der Waals surface area (Å²) >= 11 is 0. The number of aliphatic hydroxyl groups excluding tert-OH is 2. The molecule has 1 saturated heterocycles. The maximum absolute atomic E-state index is 11.8. The summed E-state index contributed by atoms with van der Waals surface area (Å²) in [7, 11) is 1.70. The third-order valence-electron chi connectivity index (χ3n) is 4.92. The molecule has 9 heteroatoms. The molecule has 1 aromatic rings. The van der Waals surface area contributed by atoms with Crippen LogP contribution in [-0.4, -0.2) is 66.4 Å². The number of benzene rings is 1. The quantitative estimate of drug-likeness (QED) is 0.162. The lowest BCUT2D eigenvalue weighted by Gasteiger charge is -2.26. The number of amides is 2. The molecule has 1 heterocycles. The second-order valence-electron chi connectivity index (χ2n) is 8.72. The van der Waals surface area contributed by atoms with Crippen LogP contribution in [0, 0.1) is 17.8 Å². The second kappa shape index (κ2) is 19.9. The third kappa shape index (κ3) is 17.1. The van der Waals surface area contributed by atoms with Gasteiger partial charge < -0.3 is 25.2 Å². The first-order valence-corrected chi connectivity index (χ1v) is 11.2. The molecule has 194 valence electrons. The lowest BCUT2D eigenvalue weighted by Crippen LogP contribution is -2.33. The van der Waals surface area contributed by atoms with Crippen LogP contribution in [0.5, 0.6) is 0 Å². The summed E-state index contributed by atoms with van der Waals surface area (Å²) in [6.45, 7) is 9.75. The van der Waals surface area contributed by atoms with Crippen molar-refractivity contribution in [2.24, 2.45) is 17.1 Å². The fourth-order valence-electron chi connectivity index (χ4n) is 2.76. The summed E-state index contributed by atoms with van der Waals surface area (Å²) in [5, 5.41) is 20.7. The molecule has 1 aliphatic heterocycles. The Hall–Kier alpha value is -2.48. The summed E-state index contributed by atoms with van der Waals surface area (Å²) in [4.78, 5) is 23.5. The molecule has 0 bridgehead atoms. The van der Waals surface area contributed by atoms with Crippen molar-refractivity contribution in [1.82, 2.24) is 10.2 Å². The molecule has 1 aliphatic rings. The van der Waals surface area contributed by atoms with E-state index < -0.39 is 0 Å². The number of carbonyl (C=O) groups excluding carboxylic acids is 2. The number of β-amino-alcohol motifs (C(OH)–C–C–N with tert-alkyl or cyclic N) is 1. The molecule has 1 atom stereocenters. The molecular weight excluding hydrogens is 436 g/mol. The van der Waals surface area contributed by atoms with Crippen LogP contribution in [0.1, 0.15) is 58.1 Å². The van der Waals surface area contributed by atoms with Crippen molar-refractivity contribution in [2.45, 2.75) is 65.7 Å². The number of nitrogens with two attached hydrogens (primary N) is 2. The molecule has 0 radical (unpaired) electrons. The Kier molecular flexibility index (Phi) is 19.8. The lowest BCUT2D eigenvalue weighted by atomic mass is 9.85. The number of hydrogen-bond donors (Lipinski definition) is 5. The zero-order chi connectivity index (χ0) is 26.6. The molecule has 2 rings (SSSR count). The molecule has 0 aromatic heterocycles. The van der Waals surface area contributed by atoms with Gasteiger partial charge in [0.25, 0.3) is 0 Å². The number of aliphatic hydroxyl groups is 2. The average molecular weight is 481 g/mol. The van der Waals surface area contributed by atoms with Gasteiger partial charge in [0.05, 0.1) is 12.2 Å². The number of nitrogens with one attached hydrogen (secondary N) is 1. The van der Waals surface area contributed by atoms with Gasteiger partial charge in [-0.15, -0.1) is 6.42 Å². The van der Waals surface area contributed by atoms with E-state index in [1.807, 2.05) is 52.0 Å². The molecule has 0 spiro atoms. The maximum atomic E-state index is 11.8. The first kappa shape index (κ1) is 33.7. The highest BCUT2D eigenvalue weighted by molar-refractivity contribution is 5.77. The van der Waals surface area contributed by atoms with Gasteiger partial charge in [-0.3, -0.25) is 21.3 Å². The first-order valence-electron chi connectivity index (χ1n) is 11.2. The highest BCUT2D eigenvalue weighted by Gasteiger charge is 2.29. The maximum Gasteiger partial charge on any atom is 0.223 e. The van der Waals surface area contributed by atoms with E-state index in [9.17, 15) is 14.7 Å². The Bertz CT molecular complexity index is 702. The summed E-state index contributed by atoms with van der Waals surface area (Å²) in [5.74, 6) is 10.6. The fourth-order valence-corrected chi connectivity index (χ4v) is 2.76. The number of carbonyl (C=O) groups is 2. The van der Waals surface area contributed by atoms with Gasteiger partial charge in [0.15, 0.2) is 0 Å². The van der Waals surface area contributed by atoms with Gasteiger partial charge in [-0.1, -0.05) is 31.9 Å². The van der Waals surface area contributed by atoms with Gasteiger partial charge in [-0.05, 0) is 49.8 Å². The zero-order valence-corrected chi connectivity index (χ0v) is 21.3. The van der Waals surface area contributed by atoms with Crippen molar-refractivity contribution >= 4 is 12.3 Å². The molecule has 34 heavy (non-hydrogen) atoms. The van der Waals surface area contributed by atoms with E-state index in [1.165, 1.54) is 0 Å². The van der Waals surface area contributed by atoms with Gasteiger partial charge >= 0.3 is 0 Å². The Morgan fingerprint density at radius 3 is 2.29 bits per heavy atom. The van der Waals surface area contributed by atoms with Crippen molar-refractivity contribution < 1.29 is 24.5 Å². The van der Waals surface area contributed by atoms with Crippen LogP contribution in [0.4, 0.5) is 0 Å². The SMILES string of the molecule is C#Cc1ccc(CNC=O)cc1.CC(C)(CCO)CC(=O)N1CCC(O)C1.COC(C)C.NN. The molecule has 7 N–H and O–H groups in total. The molecule has 1 unspecified atom stereocenters. The van der Waals surface area contributed by atoms with Crippen LogP contribution in [0.3, 0.4) is 0 Å².